The maximum atomic E-state index is 11.3. The second-order valence-corrected chi connectivity index (χ2v) is 3.30. The molecule has 6 nitrogen and oxygen atoms in total. The van der Waals surface area contributed by atoms with Crippen LogP contribution < -0.4 is 0 Å². The van der Waals surface area contributed by atoms with Crippen LogP contribution in [0.4, 0.5) is 0 Å². The molecule has 0 aliphatic heterocycles. The third-order valence-corrected chi connectivity index (χ3v) is 2.06. The molecule has 1 N–H and O–H groups in total. The number of carbonyl (C=O) groups is 2. The summed E-state index contributed by atoms with van der Waals surface area (Å²) in [6.45, 7) is 0.233. The molecule has 6 heteroatoms. The highest BCUT2D eigenvalue weighted by Gasteiger charge is 2.20. The zero-order valence-electron chi connectivity index (χ0n) is 9.04. The number of carboxylic acid groups (broad SMARTS) is 1. The molecule has 1 amide bonds. The van der Waals surface area contributed by atoms with Gasteiger partial charge in [-0.15, -0.1) is 0 Å². The summed E-state index contributed by atoms with van der Waals surface area (Å²) < 4.78 is 0. The Morgan fingerprint density at radius 2 is 2.29 bits per heavy atom. The molecule has 1 aromatic rings. The van der Waals surface area contributed by atoms with Crippen LogP contribution in [0.15, 0.2) is 24.5 Å². The van der Waals surface area contributed by atoms with Crippen molar-refractivity contribution in [1.29, 1.82) is 5.26 Å². The van der Waals surface area contributed by atoms with Gasteiger partial charge in [-0.1, -0.05) is 6.07 Å². The van der Waals surface area contributed by atoms with E-state index in [1.54, 1.807) is 24.5 Å². The normalized spacial score (nSPS) is 9.35. The lowest BCUT2D eigenvalue weighted by atomic mass is 10.2. The molecule has 0 atom stereocenters. The van der Waals surface area contributed by atoms with E-state index >= 15 is 0 Å². The van der Waals surface area contributed by atoms with Crippen molar-refractivity contribution in [3.05, 3.63) is 30.1 Å². The zero-order chi connectivity index (χ0) is 12.7. The van der Waals surface area contributed by atoms with E-state index in [1.165, 1.54) is 0 Å². The molecule has 0 aliphatic rings. The Morgan fingerprint density at radius 3 is 2.82 bits per heavy atom. The molecule has 0 saturated heterocycles. The third kappa shape index (κ3) is 3.91. The lowest BCUT2D eigenvalue weighted by Gasteiger charge is -2.18. The summed E-state index contributed by atoms with van der Waals surface area (Å²) in [4.78, 5) is 26.9. The minimum Gasteiger partial charge on any atom is -0.474 e. The van der Waals surface area contributed by atoms with Gasteiger partial charge in [-0.3, -0.25) is 9.78 Å². The summed E-state index contributed by atoms with van der Waals surface area (Å²) in [7, 11) is 0. The van der Waals surface area contributed by atoms with Gasteiger partial charge in [0.15, 0.2) is 0 Å². The van der Waals surface area contributed by atoms with Gasteiger partial charge in [-0.05, 0) is 11.6 Å². The van der Waals surface area contributed by atoms with Crippen LogP contribution in [0.2, 0.25) is 0 Å². The summed E-state index contributed by atoms with van der Waals surface area (Å²) in [6.07, 6.45) is 3.23. The number of carboxylic acids is 1. The average molecular weight is 233 g/mol. The second-order valence-electron chi connectivity index (χ2n) is 3.30. The predicted molar refractivity (Wildman–Crippen MR) is 57.5 cm³/mol. The van der Waals surface area contributed by atoms with Gasteiger partial charge < -0.3 is 10.0 Å². The quantitative estimate of drug-likeness (QED) is 0.760. The van der Waals surface area contributed by atoms with E-state index < -0.39 is 11.9 Å². The van der Waals surface area contributed by atoms with Crippen LogP contribution in [0, 0.1) is 11.3 Å². The molecule has 0 spiro atoms. The van der Waals surface area contributed by atoms with Gasteiger partial charge in [0.25, 0.3) is 0 Å². The first kappa shape index (κ1) is 12.6. The third-order valence-electron chi connectivity index (χ3n) is 2.06. The van der Waals surface area contributed by atoms with E-state index in [9.17, 15) is 9.59 Å². The highest BCUT2D eigenvalue weighted by Crippen LogP contribution is 2.04. The van der Waals surface area contributed by atoms with Crippen molar-refractivity contribution in [3.8, 4) is 6.07 Å². The van der Waals surface area contributed by atoms with Gasteiger partial charge in [0.2, 0.25) is 0 Å². The summed E-state index contributed by atoms with van der Waals surface area (Å²) in [5.41, 5.74) is 0.722. The van der Waals surface area contributed by atoms with E-state index in [0.29, 0.717) is 0 Å². The minimum atomic E-state index is -1.52. The topological polar surface area (TPSA) is 94.3 Å². The van der Waals surface area contributed by atoms with Gasteiger partial charge in [0.1, 0.15) is 0 Å². The number of nitriles is 1. The second kappa shape index (κ2) is 6.23. The van der Waals surface area contributed by atoms with Gasteiger partial charge in [-0.2, -0.15) is 5.26 Å². The van der Waals surface area contributed by atoms with Gasteiger partial charge in [0.05, 0.1) is 12.5 Å². The van der Waals surface area contributed by atoms with Crippen molar-refractivity contribution in [1.82, 2.24) is 9.88 Å². The van der Waals surface area contributed by atoms with E-state index in [1.807, 2.05) is 6.07 Å². The summed E-state index contributed by atoms with van der Waals surface area (Å²) in [5.74, 6) is -2.53. The Balaban J connectivity index is 2.74. The summed E-state index contributed by atoms with van der Waals surface area (Å²) >= 11 is 0. The lowest BCUT2D eigenvalue weighted by molar-refractivity contribution is -0.156. The van der Waals surface area contributed by atoms with Crippen molar-refractivity contribution in [2.45, 2.75) is 13.0 Å². The zero-order valence-corrected chi connectivity index (χ0v) is 9.04. The van der Waals surface area contributed by atoms with Gasteiger partial charge >= 0.3 is 11.9 Å². The molecule has 0 radical (unpaired) electrons. The molecule has 0 saturated carbocycles. The van der Waals surface area contributed by atoms with Crippen LogP contribution in [0.25, 0.3) is 0 Å². The smallest absolute Gasteiger partial charge is 0.394 e. The molecule has 0 unspecified atom stereocenters. The van der Waals surface area contributed by atoms with Crippen molar-refractivity contribution >= 4 is 11.9 Å². The molecule has 0 aliphatic carbocycles. The van der Waals surface area contributed by atoms with Crippen LogP contribution in [-0.2, 0) is 16.1 Å². The lowest BCUT2D eigenvalue weighted by Crippen LogP contribution is -2.36. The molecule has 88 valence electrons. The molecular weight excluding hydrogens is 222 g/mol. The fourth-order valence-corrected chi connectivity index (χ4v) is 1.28. The van der Waals surface area contributed by atoms with E-state index in [2.05, 4.69) is 4.98 Å². The molecule has 17 heavy (non-hydrogen) atoms. The number of aromatic nitrogens is 1. The number of rotatable bonds is 4. The Hall–Kier alpha value is -2.42. The summed E-state index contributed by atoms with van der Waals surface area (Å²) in [6, 6.07) is 5.31. The van der Waals surface area contributed by atoms with Crippen LogP contribution in [0.1, 0.15) is 12.0 Å². The van der Waals surface area contributed by atoms with Gasteiger partial charge in [0, 0.05) is 25.5 Å². The van der Waals surface area contributed by atoms with Crippen molar-refractivity contribution in [2.75, 3.05) is 6.54 Å². The number of nitrogens with zero attached hydrogens (tertiary/aromatic N) is 3. The number of pyridine rings is 1. The van der Waals surface area contributed by atoms with Crippen molar-refractivity contribution < 1.29 is 14.7 Å². The molecule has 1 rings (SSSR count). The SMILES string of the molecule is N#CCCN(Cc1cccnc1)C(=O)C(=O)O. The molecule has 1 aromatic heterocycles. The maximum absolute atomic E-state index is 11.3. The molecular formula is C11H11N3O3. The van der Waals surface area contributed by atoms with E-state index in [-0.39, 0.29) is 19.5 Å². The molecule has 0 fully saturated rings. The fraction of sp³-hybridized carbons (Fsp3) is 0.273. The van der Waals surface area contributed by atoms with E-state index in [4.69, 9.17) is 10.4 Å². The highest BCUT2D eigenvalue weighted by atomic mass is 16.4. The average Bonchev–Trinajstić information content (AvgIpc) is 2.34. The first-order valence-corrected chi connectivity index (χ1v) is 4.93. The number of hydrogen-bond donors (Lipinski definition) is 1. The summed E-state index contributed by atoms with van der Waals surface area (Å²) in [5, 5.41) is 17.1. The molecule has 1 heterocycles. The van der Waals surface area contributed by atoms with Crippen LogP contribution in [-0.4, -0.2) is 33.4 Å². The largest absolute Gasteiger partial charge is 0.474 e. The fourth-order valence-electron chi connectivity index (χ4n) is 1.28. The Bertz CT molecular complexity index is 439. The van der Waals surface area contributed by atoms with Crippen LogP contribution in [0.3, 0.4) is 0 Å². The van der Waals surface area contributed by atoms with Crippen LogP contribution >= 0.6 is 0 Å². The Kier molecular flexibility index (Phi) is 4.63. The predicted octanol–water partition coefficient (Wildman–Crippen LogP) is 0.408. The van der Waals surface area contributed by atoms with Crippen LogP contribution in [0.5, 0.6) is 0 Å². The van der Waals surface area contributed by atoms with Crippen molar-refractivity contribution in [3.63, 3.8) is 0 Å². The molecule has 0 aromatic carbocycles. The first-order valence-electron chi connectivity index (χ1n) is 4.93. The number of amides is 1. The molecule has 0 bridgehead atoms. The van der Waals surface area contributed by atoms with Crippen molar-refractivity contribution in [2.24, 2.45) is 0 Å². The minimum absolute atomic E-state index is 0.0938. The highest BCUT2D eigenvalue weighted by molar-refractivity contribution is 6.31. The van der Waals surface area contributed by atoms with E-state index in [0.717, 1.165) is 10.5 Å². The maximum Gasteiger partial charge on any atom is 0.394 e. The Labute approximate surface area is 98.1 Å². The number of carbonyl (C=O) groups excluding carboxylic acids is 1. The number of hydrogen-bond acceptors (Lipinski definition) is 4. The first-order chi connectivity index (χ1) is 8.15. The monoisotopic (exact) mass is 233 g/mol. The Morgan fingerprint density at radius 1 is 1.53 bits per heavy atom. The standard InChI is InChI=1S/C11H11N3O3/c12-4-2-6-14(10(15)11(16)17)8-9-3-1-5-13-7-9/h1,3,5,7H,2,6,8H2,(H,16,17). The number of aliphatic carboxylic acids is 1. The van der Waals surface area contributed by atoms with Gasteiger partial charge in [-0.25, -0.2) is 4.79 Å².